The van der Waals surface area contributed by atoms with E-state index in [1.165, 1.54) is 57.8 Å². The molecule has 1 aliphatic heterocycles. The average molecular weight is 473 g/mol. The van der Waals surface area contributed by atoms with E-state index in [4.69, 9.17) is 0 Å². The number of benzene rings is 2. The Labute approximate surface area is 198 Å². The molecule has 0 atom stereocenters. The molecule has 0 bridgehead atoms. The van der Waals surface area contributed by atoms with Crippen molar-refractivity contribution in [1.82, 2.24) is 14.7 Å². The van der Waals surface area contributed by atoms with Crippen molar-refractivity contribution in [2.24, 2.45) is 0 Å². The Morgan fingerprint density at radius 2 is 1.43 bits per heavy atom. The second-order valence-corrected chi connectivity index (χ2v) is 8.06. The molecule has 1 aliphatic rings. The first kappa shape index (κ1) is 22.1. The summed E-state index contributed by atoms with van der Waals surface area (Å²) in [4.78, 5) is 41.6. The van der Waals surface area contributed by atoms with E-state index < -0.39 is 29.0 Å². The van der Waals surface area contributed by atoms with Gasteiger partial charge in [-0.15, -0.1) is 0 Å². The predicted octanol–water partition coefficient (Wildman–Crippen LogP) is 2.98. The smallest absolute Gasteiger partial charge is 0.295 e. The zero-order valence-corrected chi connectivity index (χ0v) is 18.5. The molecule has 0 radical (unpaired) electrons. The minimum Gasteiger partial charge on any atom is -0.295 e. The summed E-state index contributed by atoms with van der Waals surface area (Å²) in [5.41, 5.74) is 0.772. The third-order valence-electron chi connectivity index (χ3n) is 5.78. The lowest BCUT2D eigenvalue weighted by atomic mass is 10.1. The summed E-state index contributed by atoms with van der Waals surface area (Å²) in [6.45, 7) is 1.53. The maximum atomic E-state index is 13.6. The molecule has 1 N–H and O–H groups in total. The van der Waals surface area contributed by atoms with Crippen LogP contribution in [-0.4, -0.2) is 26.5 Å². The highest BCUT2D eigenvalue weighted by Gasteiger charge is 2.47. The van der Waals surface area contributed by atoms with E-state index >= 15 is 0 Å². The molecule has 2 aromatic heterocycles. The average Bonchev–Trinajstić information content (AvgIpc) is 3.28. The fourth-order valence-electron chi connectivity index (χ4n) is 4.10. The number of halogens is 2. The van der Waals surface area contributed by atoms with Gasteiger partial charge in [-0.05, 0) is 48.9 Å². The summed E-state index contributed by atoms with van der Waals surface area (Å²) >= 11 is 0. The molecular formula is C26H19F2N4O3+. The third kappa shape index (κ3) is 3.86. The topological polar surface area (TPSA) is 79.1 Å². The van der Waals surface area contributed by atoms with Crippen LogP contribution in [0, 0.1) is 18.6 Å². The van der Waals surface area contributed by atoms with Crippen LogP contribution >= 0.6 is 0 Å². The van der Waals surface area contributed by atoms with E-state index in [-0.39, 0.29) is 23.4 Å². The van der Waals surface area contributed by atoms with Crippen LogP contribution < -0.4 is 10.1 Å². The number of nitrogens with one attached hydrogen (secondary N) is 1. The maximum absolute atomic E-state index is 13.6. The Bertz CT molecular complexity index is 1540. The zero-order chi connectivity index (χ0) is 24.7. The van der Waals surface area contributed by atoms with E-state index in [9.17, 15) is 23.2 Å². The molecule has 0 saturated carbocycles. The number of H-pyrrole nitrogens is 1. The first-order valence-electron chi connectivity index (χ1n) is 10.7. The summed E-state index contributed by atoms with van der Waals surface area (Å²) in [6.07, 6.45) is 3.23. The van der Waals surface area contributed by atoms with Crippen molar-refractivity contribution in [3.05, 3.63) is 118 Å². The molecule has 2 amide bonds. The number of aromatic nitrogens is 3. The highest BCUT2D eigenvalue weighted by Crippen LogP contribution is 2.31. The van der Waals surface area contributed by atoms with E-state index in [2.05, 4.69) is 5.10 Å². The number of aryl methyl sites for hydroxylation is 1. The molecule has 0 fully saturated rings. The molecule has 3 heterocycles. The van der Waals surface area contributed by atoms with Crippen LogP contribution in [0.5, 0.6) is 0 Å². The van der Waals surface area contributed by atoms with Crippen molar-refractivity contribution < 1.29 is 22.9 Å². The van der Waals surface area contributed by atoms with Crippen molar-refractivity contribution in [2.45, 2.75) is 13.5 Å². The van der Waals surface area contributed by atoms with Gasteiger partial charge in [-0.25, -0.2) is 13.5 Å². The van der Waals surface area contributed by atoms with Crippen molar-refractivity contribution in [1.29, 1.82) is 0 Å². The fraction of sp³-hybridized carbons (Fsp3) is 0.0769. The Morgan fingerprint density at radius 3 is 2.06 bits per heavy atom. The van der Waals surface area contributed by atoms with Crippen LogP contribution in [0.3, 0.4) is 0 Å². The molecule has 0 spiro atoms. The summed E-state index contributed by atoms with van der Waals surface area (Å²) in [6, 6.07) is 15.9. The number of aromatic amines is 1. The van der Waals surface area contributed by atoms with Crippen molar-refractivity contribution in [3.63, 3.8) is 0 Å². The Balaban J connectivity index is 1.66. The Morgan fingerprint density at radius 1 is 0.829 bits per heavy atom. The van der Waals surface area contributed by atoms with E-state index in [1.54, 1.807) is 37.5 Å². The Kier molecular flexibility index (Phi) is 5.44. The first-order chi connectivity index (χ1) is 16.8. The van der Waals surface area contributed by atoms with Crippen molar-refractivity contribution >= 4 is 23.1 Å². The molecule has 0 saturated heterocycles. The highest BCUT2D eigenvalue weighted by molar-refractivity contribution is 6.44. The van der Waals surface area contributed by atoms with Crippen molar-refractivity contribution in [2.75, 3.05) is 0 Å². The minimum atomic E-state index is -0.642. The molecule has 174 valence electrons. The second kappa shape index (κ2) is 8.60. The molecule has 35 heavy (non-hydrogen) atoms. The normalized spacial score (nSPS) is 13.7. The predicted molar refractivity (Wildman–Crippen MR) is 123 cm³/mol. The van der Waals surface area contributed by atoms with Gasteiger partial charge in [0.25, 0.3) is 17.2 Å². The molecule has 0 unspecified atom stereocenters. The van der Waals surface area contributed by atoms with Crippen LogP contribution in [0.4, 0.5) is 8.78 Å². The highest BCUT2D eigenvalue weighted by atomic mass is 19.1. The minimum absolute atomic E-state index is 0.0307. The molecule has 4 aromatic rings. The van der Waals surface area contributed by atoms with Gasteiger partial charge in [0.2, 0.25) is 0 Å². The van der Waals surface area contributed by atoms with Gasteiger partial charge in [0.05, 0.1) is 17.8 Å². The lowest BCUT2D eigenvalue weighted by Gasteiger charge is -2.13. The van der Waals surface area contributed by atoms with Crippen LogP contribution in [-0.2, 0) is 16.1 Å². The number of pyridine rings is 1. The second-order valence-electron chi connectivity index (χ2n) is 8.06. The van der Waals surface area contributed by atoms with Gasteiger partial charge in [0.1, 0.15) is 17.2 Å². The number of amides is 2. The van der Waals surface area contributed by atoms with Gasteiger partial charge in [-0.2, -0.15) is 4.57 Å². The first-order valence-corrected chi connectivity index (χ1v) is 10.7. The summed E-state index contributed by atoms with van der Waals surface area (Å²) in [7, 11) is 0. The van der Waals surface area contributed by atoms with Gasteiger partial charge in [-0.3, -0.25) is 24.4 Å². The molecular weight excluding hydrogens is 454 g/mol. The molecule has 0 aliphatic carbocycles. The quantitative estimate of drug-likeness (QED) is 0.358. The van der Waals surface area contributed by atoms with Gasteiger partial charge in [0, 0.05) is 17.8 Å². The van der Waals surface area contributed by atoms with Gasteiger partial charge >= 0.3 is 5.91 Å². The van der Waals surface area contributed by atoms with Gasteiger partial charge in [0.15, 0.2) is 12.4 Å². The molecule has 2 aromatic carbocycles. The van der Waals surface area contributed by atoms with E-state index in [0.29, 0.717) is 16.9 Å². The third-order valence-corrected chi connectivity index (χ3v) is 5.78. The molecule has 5 rings (SSSR count). The number of hydrogen-bond donors (Lipinski definition) is 1. The summed E-state index contributed by atoms with van der Waals surface area (Å²) in [5, 5.41) is 2.92. The monoisotopic (exact) mass is 473 g/mol. The lowest BCUT2D eigenvalue weighted by molar-refractivity contribution is -0.576. The van der Waals surface area contributed by atoms with E-state index in [0.717, 1.165) is 4.90 Å². The standard InChI is InChI=1S/C26H18F2N4O3/c1-16-21(25(34)32(29-16)20-11-9-19(28)10-12-20)22-23(30-13-3-2-4-14-30)26(35)31(24(22)33)15-17-5-7-18(27)8-6-17/h2-14H,15H2,1H3/p+1. The molecule has 9 heteroatoms. The zero-order valence-electron chi connectivity index (χ0n) is 18.5. The summed E-state index contributed by atoms with van der Waals surface area (Å²) in [5.74, 6) is -2.12. The van der Waals surface area contributed by atoms with Gasteiger partial charge in [-0.1, -0.05) is 18.2 Å². The van der Waals surface area contributed by atoms with Crippen LogP contribution in [0.2, 0.25) is 0 Å². The summed E-state index contributed by atoms with van der Waals surface area (Å²) < 4.78 is 29.4. The van der Waals surface area contributed by atoms with E-state index in [1.807, 2.05) is 0 Å². The number of imide groups is 1. The maximum Gasteiger partial charge on any atom is 0.327 e. The number of rotatable bonds is 5. The number of carbonyl (C=O) groups excluding carboxylic acids is 2. The van der Waals surface area contributed by atoms with Crippen LogP contribution in [0.15, 0.2) is 83.9 Å². The number of hydrogen-bond acceptors (Lipinski definition) is 3. The number of carbonyl (C=O) groups is 2. The van der Waals surface area contributed by atoms with Crippen LogP contribution in [0.1, 0.15) is 16.8 Å². The fourth-order valence-corrected chi connectivity index (χ4v) is 4.10. The Hall–Kier alpha value is -4.66. The largest absolute Gasteiger partial charge is 0.327 e. The molecule has 7 nitrogen and oxygen atoms in total. The number of nitrogens with zero attached hydrogens (tertiary/aromatic N) is 3. The van der Waals surface area contributed by atoms with Gasteiger partial charge < -0.3 is 0 Å². The van der Waals surface area contributed by atoms with Crippen LogP contribution in [0.25, 0.3) is 17.0 Å². The SMILES string of the molecule is Cc1[nH]n(-c2ccc(F)cc2)c(=O)c1C1=C([n+]2ccccc2)C(=O)N(Cc2ccc(F)cc2)C1=O. The van der Waals surface area contributed by atoms with Crippen molar-refractivity contribution in [3.8, 4) is 5.69 Å². The lowest BCUT2D eigenvalue weighted by Crippen LogP contribution is -2.39.